The van der Waals surface area contributed by atoms with Crippen molar-refractivity contribution < 1.29 is 19.5 Å². The van der Waals surface area contributed by atoms with E-state index in [1.807, 2.05) is 59.5 Å². The number of carbonyl (C=O) groups is 3. The van der Waals surface area contributed by atoms with Crippen molar-refractivity contribution in [2.45, 2.75) is 95.4 Å². The van der Waals surface area contributed by atoms with E-state index in [1.54, 1.807) is 0 Å². The number of benzene rings is 2. The molecule has 2 saturated heterocycles. The monoisotopic (exact) mass is 610 g/mol. The summed E-state index contributed by atoms with van der Waals surface area (Å²) in [5.41, 5.74) is 2.03. The topological polar surface area (TPSA) is 102 Å². The van der Waals surface area contributed by atoms with E-state index in [-0.39, 0.29) is 36.0 Å². The molecule has 8 nitrogen and oxygen atoms in total. The number of unbranched alkanes of at least 4 members (excludes halogenated alkanes) is 1. The molecule has 1 spiro atoms. The van der Waals surface area contributed by atoms with E-state index in [1.165, 1.54) is 6.42 Å². The van der Waals surface area contributed by atoms with Crippen molar-refractivity contribution in [1.29, 1.82) is 0 Å². The first kappa shape index (κ1) is 33.0. The number of likely N-dealkylation sites (tertiary alicyclic amines) is 1. The summed E-state index contributed by atoms with van der Waals surface area (Å²) in [6, 6.07) is 16.8. The van der Waals surface area contributed by atoms with Crippen LogP contribution in [0.5, 0.6) is 0 Å². The Morgan fingerprint density at radius 1 is 1.00 bits per heavy atom. The number of aliphatic hydroxyl groups is 1. The third-order valence-corrected chi connectivity index (χ3v) is 9.50. The van der Waals surface area contributed by atoms with Gasteiger partial charge in [0.05, 0.1) is 12.5 Å². The molecule has 43 heavy (non-hydrogen) atoms. The molecule has 0 bridgehead atoms. The summed E-state index contributed by atoms with van der Waals surface area (Å²) in [5.74, 6) is -0.190. The van der Waals surface area contributed by atoms with E-state index in [0.29, 0.717) is 38.9 Å². The van der Waals surface area contributed by atoms with E-state index in [9.17, 15) is 19.5 Å². The van der Waals surface area contributed by atoms with Gasteiger partial charge >= 0.3 is 0 Å². The fourth-order valence-electron chi connectivity index (χ4n) is 6.97. The molecule has 2 aromatic carbocycles. The lowest BCUT2D eigenvalue weighted by Gasteiger charge is -2.52. The van der Waals surface area contributed by atoms with Crippen LogP contribution >= 0.6 is 12.4 Å². The summed E-state index contributed by atoms with van der Waals surface area (Å²) in [6.07, 6.45) is 7.58. The lowest BCUT2D eigenvalue weighted by atomic mass is 9.78. The normalized spacial score (nSPS) is 21.6. The Labute approximate surface area is 262 Å². The highest BCUT2D eigenvalue weighted by Gasteiger charge is 2.55. The summed E-state index contributed by atoms with van der Waals surface area (Å²) in [5, 5.41) is 17.1. The molecule has 2 atom stereocenters. The molecule has 9 heteroatoms. The Kier molecular flexibility index (Phi) is 11.6. The second-order valence-corrected chi connectivity index (χ2v) is 12.4. The van der Waals surface area contributed by atoms with Crippen LogP contribution in [0.2, 0.25) is 0 Å². The Hall–Kier alpha value is -2.94. The highest BCUT2D eigenvalue weighted by atomic mass is 35.5. The van der Waals surface area contributed by atoms with Gasteiger partial charge in [-0.15, -0.1) is 12.4 Å². The second-order valence-electron chi connectivity index (χ2n) is 12.4. The van der Waals surface area contributed by atoms with Gasteiger partial charge in [-0.05, 0) is 61.3 Å². The number of anilines is 1. The van der Waals surface area contributed by atoms with Gasteiger partial charge in [0.25, 0.3) is 0 Å². The van der Waals surface area contributed by atoms with Crippen LogP contribution < -0.4 is 10.6 Å². The maximum atomic E-state index is 13.8. The molecule has 3 amide bonds. The van der Waals surface area contributed by atoms with Gasteiger partial charge in [0.1, 0.15) is 11.6 Å². The summed E-state index contributed by atoms with van der Waals surface area (Å²) in [6.45, 7) is 4.79. The van der Waals surface area contributed by atoms with Crippen molar-refractivity contribution in [1.82, 2.24) is 15.1 Å². The third kappa shape index (κ3) is 7.78. The smallest absolute Gasteiger partial charge is 0.248 e. The predicted octanol–water partition coefficient (Wildman–Crippen LogP) is 4.69. The number of carbonyl (C=O) groups excluding carboxylic acids is 3. The van der Waals surface area contributed by atoms with Gasteiger partial charge in [0.15, 0.2) is 0 Å². The number of nitrogens with one attached hydrogen (secondary N) is 2. The van der Waals surface area contributed by atoms with Crippen LogP contribution in [0, 0.1) is 5.92 Å². The average Bonchev–Trinajstić information content (AvgIpc) is 3.01. The van der Waals surface area contributed by atoms with E-state index in [4.69, 9.17) is 0 Å². The minimum Gasteiger partial charge on any atom is -0.390 e. The van der Waals surface area contributed by atoms with E-state index in [0.717, 1.165) is 61.9 Å². The van der Waals surface area contributed by atoms with Crippen LogP contribution in [-0.2, 0) is 27.3 Å². The lowest BCUT2D eigenvalue weighted by molar-refractivity contribution is -0.166. The van der Waals surface area contributed by atoms with Crippen molar-refractivity contribution >= 4 is 35.8 Å². The standard InChI is InChI=1S/C34H46N4O4.ClH/c1-2-3-20-38-32(41)30(31(40)27-12-8-5-9-13-27)36-33(42)34(38)18-21-37(22-19-34)24-26-14-16-28(17-15-26)35-29(39)23-25-10-6-4-7-11-25;/h4,6-7,10-11,14-17,27,30-31,40H,2-3,5,8-9,12-13,18-24H2,1H3,(H,35,39)(H,36,42);1H/t30-,31-;/m1./s1. The summed E-state index contributed by atoms with van der Waals surface area (Å²) in [4.78, 5) is 44.1. The van der Waals surface area contributed by atoms with Crippen LogP contribution in [-0.4, -0.2) is 69.9 Å². The quantitative estimate of drug-likeness (QED) is 0.362. The van der Waals surface area contributed by atoms with Crippen LogP contribution in [0.15, 0.2) is 54.6 Å². The number of hydrogen-bond acceptors (Lipinski definition) is 5. The van der Waals surface area contributed by atoms with Gasteiger partial charge in [-0.25, -0.2) is 0 Å². The zero-order chi connectivity index (χ0) is 29.5. The summed E-state index contributed by atoms with van der Waals surface area (Å²) >= 11 is 0. The van der Waals surface area contributed by atoms with E-state index < -0.39 is 17.7 Å². The number of piperidine rings is 1. The molecule has 5 rings (SSSR count). The number of rotatable bonds is 10. The van der Waals surface area contributed by atoms with Crippen molar-refractivity contribution in [3.05, 3.63) is 65.7 Å². The Morgan fingerprint density at radius 3 is 2.33 bits per heavy atom. The maximum absolute atomic E-state index is 13.8. The molecule has 1 aliphatic carbocycles. The van der Waals surface area contributed by atoms with E-state index in [2.05, 4.69) is 22.5 Å². The third-order valence-electron chi connectivity index (χ3n) is 9.50. The lowest BCUT2D eigenvalue weighted by Crippen LogP contribution is -2.75. The van der Waals surface area contributed by atoms with Gasteiger partial charge in [0.2, 0.25) is 17.7 Å². The minimum atomic E-state index is -0.849. The van der Waals surface area contributed by atoms with Crippen LogP contribution in [0.1, 0.15) is 75.8 Å². The zero-order valence-corrected chi connectivity index (χ0v) is 26.1. The molecule has 3 aliphatic rings. The first-order valence-electron chi connectivity index (χ1n) is 15.9. The molecule has 1 saturated carbocycles. The number of halogens is 1. The van der Waals surface area contributed by atoms with Gasteiger partial charge < -0.3 is 20.6 Å². The second kappa shape index (κ2) is 15.2. The molecule has 2 heterocycles. The van der Waals surface area contributed by atoms with E-state index >= 15 is 0 Å². The molecular weight excluding hydrogens is 564 g/mol. The molecule has 3 N–H and O–H groups in total. The van der Waals surface area contributed by atoms with Crippen molar-refractivity contribution in [2.75, 3.05) is 25.0 Å². The molecule has 234 valence electrons. The Bertz CT molecular complexity index is 1210. The highest BCUT2D eigenvalue weighted by molar-refractivity contribution is 6.00. The minimum absolute atomic E-state index is 0. The molecule has 3 fully saturated rings. The zero-order valence-electron chi connectivity index (χ0n) is 25.3. The number of amides is 3. The van der Waals surface area contributed by atoms with Gasteiger partial charge in [-0.3, -0.25) is 19.3 Å². The summed E-state index contributed by atoms with van der Waals surface area (Å²) < 4.78 is 0. The SMILES string of the molecule is CCCCN1C(=O)[C@@H]([C@H](O)C2CCCCC2)NC(=O)C12CCN(Cc1ccc(NC(=O)Cc3ccccc3)cc1)CC2.Cl. The number of aliphatic hydroxyl groups excluding tert-OH is 1. The number of piperazine rings is 1. The van der Waals surface area contributed by atoms with Gasteiger partial charge in [-0.2, -0.15) is 0 Å². The van der Waals surface area contributed by atoms with Crippen LogP contribution in [0.3, 0.4) is 0 Å². The fourth-order valence-corrected chi connectivity index (χ4v) is 6.97. The number of hydrogen-bond donors (Lipinski definition) is 3. The van der Waals surface area contributed by atoms with Crippen LogP contribution in [0.4, 0.5) is 5.69 Å². The fraction of sp³-hybridized carbons (Fsp3) is 0.559. The first-order chi connectivity index (χ1) is 20.4. The Balaban J connectivity index is 0.00000423. The van der Waals surface area contributed by atoms with Crippen molar-refractivity contribution in [3.63, 3.8) is 0 Å². The number of nitrogens with zero attached hydrogens (tertiary/aromatic N) is 2. The average molecular weight is 611 g/mol. The largest absolute Gasteiger partial charge is 0.390 e. The molecule has 0 unspecified atom stereocenters. The highest BCUT2D eigenvalue weighted by Crippen LogP contribution is 2.36. The predicted molar refractivity (Wildman–Crippen MR) is 171 cm³/mol. The van der Waals surface area contributed by atoms with Crippen molar-refractivity contribution in [2.24, 2.45) is 5.92 Å². The molecule has 0 radical (unpaired) electrons. The molecule has 2 aromatic rings. The molecule has 2 aliphatic heterocycles. The van der Waals surface area contributed by atoms with Crippen LogP contribution in [0.25, 0.3) is 0 Å². The van der Waals surface area contributed by atoms with Gasteiger partial charge in [0, 0.05) is 31.9 Å². The molecular formula is C34H47ClN4O4. The van der Waals surface area contributed by atoms with Crippen molar-refractivity contribution in [3.8, 4) is 0 Å². The van der Waals surface area contributed by atoms with Gasteiger partial charge in [-0.1, -0.05) is 75.1 Å². The summed E-state index contributed by atoms with van der Waals surface area (Å²) in [7, 11) is 0. The Morgan fingerprint density at radius 2 is 1.67 bits per heavy atom. The first-order valence-corrected chi connectivity index (χ1v) is 15.9. The molecule has 0 aromatic heterocycles. The maximum Gasteiger partial charge on any atom is 0.248 e.